The Hall–Kier alpha value is -1.89. The fourth-order valence-electron chi connectivity index (χ4n) is 5.29. The first-order valence-electron chi connectivity index (χ1n) is 13.2. The van der Waals surface area contributed by atoms with Crippen LogP contribution in [0, 0.1) is 5.92 Å². The van der Waals surface area contributed by atoms with Crippen molar-refractivity contribution in [2.45, 2.75) is 87.3 Å². The Labute approximate surface area is 238 Å². The van der Waals surface area contributed by atoms with Crippen molar-refractivity contribution in [3.8, 4) is 5.75 Å². The second-order valence-electron chi connectivity index (χ2n) is 10.2. The van der Waals surface area contributed by atoms with Gasteiger partial charge in [0.15, 0.2) is 6.10 Å². The van der Waals surface area contributed by atoms with E-state index in [0.29, 0.717) is 5.92 Å². The number of thioether (sulfide) groups is 1. The van der Waals surface area contributed by atoms with Crippen molar-refractivity contribution < 1.29 is 38.8 Å². The van der Waals surface area contributed by atoms with Crippen LogP contribution in [0.15, 0.2) is 24.3 Å². The first-order valence-corrected chi connectivity index (χ1v) is 14.9. The van der Waals surface area contributed by atoms with Gasteiger partial charge in [0, 0.05) is 13.5 Å². The number of aliphatic hydroxyl groups excluding tert-OH is 2. The fraction of sp³-hybridized carbons (Fsp3) is 0.667. The number of hydrogen-bond acceptors (Lipinski definition) is 10. The average molecular weight is 587 g/mol. The first-order chi connectivity index (χ1) is 18.5. The lowest BCUT2D eigenvalue weighted by Crippen LogP contribution is -2.65. The Morgan fingerprint density at radius 1 is 1.26 bits per heavy atom. The maximum absolute atomic E-state index is 13.3. The predicted molar refractivity (Wildman–Crippen MR) is 148 cm³/mol. The van der Waals surface area contributed by atoms with E-state index in [9.17, 15) is 24.6 Å². The molecule has 7 unspecified atom stereocenters. The summed E-state index contributed by atoms with van der Waals surface area (Å²) in [5.74, 6) is -1.23. The molecule has 0 aromatic heterocycles. The summed E-state index contributed by atoms with van der Waals surface area (Å²) >= 11 is 7.65. The van der Waals surface area contributed by atoms with E-state index >= 15 is 0 Å². The SMILES string of the molecule is CCC[C@@H]1C[C@@H](C(=O)NC(C(C)Cl)C2OC(SC)C(OC(=O)c3ccccc3OC(C)=O)C(O)C2O)N(C)C1. The van der Waals surface area contributed by atoms with E-state index in [4.69, 9.17) is 25.8 Å². The molecule has 3 rings (SSSR count). The van der Waals surface area contributed by atoms with Gasteiger partial charge in [0.25, 0.3) is 0 Å². The van der Waals surface area contributed by atoms with Gasteiger partial charge in [-0.1, -0.05) is 25.5 Å². The summed E-state index contributed by atoms with van der Waals surface area (Å²) in [6, 6.07) is 4.91. The minimum absolute atomic E-state index is 0.0112. The number of alkyl halides is 1. The zero-order valence-electron chi connectivity index (χ0n) is 22.9. The number of likely N-dealkylation sites (tertiary alicyclic amines) is 1. The van der Waals surface area contributed by atoms with Crippen LogP contribution < -0.4 is 10.1 Å². The molecule has 1 aromatic rings. The number of aliphatic hydroxyl groups is 2. The molecule has 0 radical (unpaired) electrons. The third-order valence-electron chi connectivity index (χ3n) is 7.21. The van der Waals surface area contributed by atoms with Gasteiger partial charge in [0.2, 0.25) is 5.91 Å². The highest BCUT2D eigenvalue weighted by Crippen LogP contribution is 2.34. The van der Waals surface area contributed by atoms with E-state index in [1.54, 1.807) is 25.3 Å². The van der Waals surface area contributed by atoms with Crippen LogP contribution in [0.5, 0.6) is 5.75 Å². The van der Waals surface area contributed by atoms with E-state index in [1.807, 2.05) is 11.9 Å². The van der Waals surface area contributed by atoms with E-state index in [0.717, 1.165) is 25.8 Å². The van der Waals surface area contributed by atoms with Crippen LogP contribution in [-0.2, 0) is 19.1 Å². The number of amides is 1. The lowest BCUT2D eigenvalue weighted by atomic mass is 9.92. The number of ether oxygens (including phenoxy) is 3. The summed E-state index contributed by atoms with van der Waals surface area (Å²) in [6.45, 7) is 5.84. The quantitative estimate of drug-likeness (QED) is 0.213. The molecular formula is C27H39ClN2O8S. The molecule has 1 amide bonds. The topological polar surface area (TPSA) is 135 Å². The van der Waals surface area contributed by atoms with E-state index in [1.165, 1.54) is 30.8 Å². The summed E-state index contributed by atoms with van der Waals surface area (Å²) in [4.78, 5) is 39.7. The van der Waals surface area contributed by atoms with Gasteiger partial charge in [-0.3, -0.25) is 14.5 Å². The first kappa shape index (κ1) is 31.6. The standard InChI is InChI=1S/C27H39ClN2O8S/c1-6-9-16-12-18(30(4)13-16)25(34)29-20(14(2)28)23-21(32)22(33)24(27(38-23)39-5)37-26(35)17-10-7-8-11-19(17)36-15(3)31/h7-8,10-11,14,16,18,20-24,27,32-33H,6,9,12-13H2,1-5H3,(H,29,34)/t14?,16-,18+,20?,21?,22?,23?,24?,27?/m1/s1. The molecule has 12 heteroatoms. The molecule has 39 heavy (non-hydrogen) atoms. The Kier molecular flexibility index (Phi) is 11.5. The number of esters is 2. The highest BCUT2D eigenvalue weighted by molar-refractivity contribution is 7.99. The number of halogens is 1. The normalized spacial score (nSPS) is 30.8. The number of carbonyl (C=O) groups excluding carboxylic acids is 3. The monoisotopic (exact) mass is 586 g/mol. The van der Waals surface area contributed by atoms with Gasteiger partial charge in [-0.05, 0) is 51.1 Å². The average Bonchev–Trinajstić information content (AvgIpc) is 3.25. The van der Waals surface area contributed by atoms with Crippen molar-refractivity contribution in [1.82, 2.24) is 10.2 Å². The minimum atomic E-state index is -1.54. The number of para-hydroxylation sites is 1. The zero-order valence-corrected chi connectivity index (χ0v) is 24.5. The van der Waals surface area contributed by atoms with Crippen molar-refractivity contribution in [3.63, 3.8) is 0 Å². The van der Waals surface area contributed by atoms with Gasteiger partial charge in [-0.25, -0.2) is 4.79 Å². The number of carbonyl (C=O) groups is 3. The van der Waals surface area contributed by atoms with Crippen LogP contribution in [0.4, 0.5) is 0 Å². The lowest BCUT2D eigenvalue weighted by Gasteiger charge is -2.45. The molecule has 2 heterocycles. The van der Waals surface area contributed by atoms with Crippen LogP contribution in [0.3, 0.4) is 0 Å². The van der Waals surface area contributed by atoms with Crippen LogP contribution in [-0.4, -0.2) is 100 Å². The second-order valence-corrected chi connectivity index (χ2v) is 11.8. The van der Waals surface area contributed by atoms with Crippen molar-refractivity contribution in [1.29, 1.82) is 0 Å². The zero-order chi connectivity index (χ0) is 28.9. The maximum Gasteiger partial charge on any atom is 0.342 e. The summed E-state index contributed by atoms with van der Waals surface area (Å²) in [7, 11) is 1.91. The molecular weight excluding hydrogens is 548 g/mol. The molecule has 0 spiro atoms. The third kappa shape index (κ3) is 7.65. The van der Waals surface area contributed by atoms with Gasteiger partial charge >= 0.3 is 11.9 Å². The fourth-order valence-corrected chi connectivity index (χ4v) is 6.22. The van der Waals surface area contributed by atoms with E-state index < -0.39 is 53.2 Å². The van der Waals surface area contributed by atoms with Crippen molar-refractivity contribution in [2.24, 2.45) is 5.92 Å². The third-order valence-corrected chi connectivity index (χ3v) is 8.33. The summed E-state index contributed by atoms with van der Waals surface area (Å²) in [5.41, 5.74) is -0.894. The Balaban J connectivity index is 1.74. The van der Waals surface area contributed by atoms with E-state index in [-0.39, 0.29) is 23.3 Å². The molecule has 1 aromatic carbocycles. The van der Waals surface area contributed by atoms with Gasteiger partial charge in [0.1, 0.15) is 35.1 Å². The number of nitrogens with one attached hydrogen (secondary N) is 1. The Morgan fingerprint density at radius 2 is 1.95 bits per heavy atom. The molecule has 2 aliphatic rings. The smallest absolute Gasteiger partial charge is 0.342 e. The molecule has 0 aliphatic carbocycles. The molecule has 2 aliphatic heterocycles. The maximum atomic E-state index is 13.3. The summed E-state index contributed by atoms with van der Waals surface area (Å²) < 4.78 is 16.8. The molecule has 9 atom stereocenters. The van der Waals surface area contributed by atoms with Crippen molar-refractivity contribution in [2.75, 3.05) is 19.8 Å². The number of likely N-dealkylation sites (N-methyl/N-ethyl adjacent to an activating group) is 1. The van der Waals surface area contributed by atoms with Crippen LogP contribution in [0.25, 0.3) is 0 Å². The molecule has 218 valence electrons. The van der Waals surface area contributed by atoms with Crippen LogP contribution in [0.2, 0.25) is 0 Å². The van der Waals surface area contributed by atoms with Crippen molar-refractivity contribution in [3.05, 3.63) is 29.8 Å². The Morgan fingerprint density at radius 3 is 2.56 bits per heavy atom. The molecule has 2 fully saturated rings. The molecule has 2 saturated heterocycles. The van der Waals surface area contributed by atoms with Crippen LogP contribution in [0.1, 0.15) is 50.4 Å². The molecule has 0 saturated carbocycles. The number of nitrogens with zero attached hydrogens (tertiary/aromatic N) is 1. The molecule has 10 nitrogen and oxygen atoms in total. The number of hydrogen-bond donors (Lipinski definition) is 3. The predicted octanol–water partition coefficient (Wildman–Crippen LogP) is 2.18. The Bertz CT molecular complexity index is 1010. The van der Waals surface area contributed by atoms with Gasteiger partial charge in [0.05, 0.1) is 17.5 Å². The van der Waals surface area contributed by atoms with Crippen LogP contribution >= 0.6 is 23.4 Å². The van der Waals surface area contributed by atoms with Gasteiger partial charge in [-0.15, -0.1) is 23.4 Å². The highest BCUT2D eigenvalue weighted by atomic mass is 35.5. The number of benzene rings is 1. The highest BCUT2D eigenvalue weighted by Gasteiger charge is 2.50. The molecule has 3 N–H and O–H groups in total. The largest absolute Gasteiger partial charge is 0.452 e. The van der Waals surface area contributed by atoms with Gasteiger partial charge < -0.3 is 29.7 Å². The van der Waals surface area contributed by atoms with Crippen molar-refractivity contribution >= 4 is 41.2 Å². The lowest BCUT2D eigenvalue weighted by molar-refractivity contribution is -0.205. The van der Waals surface area contributed by atoms with Gasteiger partial charge in [-0.2, -0.15) is 0 Å². The minimum Gasteiger partial charge on any atom is -0.452 e. The molecule has 0 bridgehead atoms. The van der Waals surface area contributed by atoms with E-state index in [2.05, 4.69) is 12.2 Å². The second kappa shape index (κ2) is 14.1. The summed E-state index contributed by atoms with van der Waals surface area (Å²) in [5, 5.41) is 24.4. The summed E-state index contributed by atoms with van der Waals surface area (Å²) in [6.07, 6.45) is -0.835. The number of rotatable bonds is 10.